The first-order valence-corrected chi connectivity index (χ1v) is 8.10. The monoisotopic (exact) mass is 369 g/mol. The van der Waals surface area contributed by atoms with E-state index in [1.807, 2.05) is 0 Å². The van der Waals surface area contributed by atoms with Gasteiger partial charge in [0.25, 0.3) is 5.56 Å². The molecule has 1 aromatic carbocycles. The molecule has 2 N–H and O–H groups in total. The number of nitro groups is 1. The zero-order valence-electron chi connectivity index (χ0n) is 13.1. The maximum Gasteiger partial charge on any atom is 0.311 e. The minimum absolute atomic E-state index is 0.277. The highest BCUT2D eigenvalue weighted by Crippen LogP contribution is 2.26. The van der Waals surface area contributed by atoms with Gasteiger partial charge in [0.2, 0.25) is 0 Å². The van der Waals surface area contributed by atoms with Gasteiger partial charge in [0.1, 0.15) is 0 Å². The van der Waals surface area contributed by atoms with E-state index in [-0.39, 0.29) is 10.3 Å². The molecule has 9 heteroatoms. The summed E-state index contributed by atoms with van der Waals surface area (Å²) in [5.41, 5.74) is -0.0475. The van der Waals surface area contributed by atoms with Gasteiger partial charge in [0.15, 0.2) is 11.5 Å². The van der Waals surface area contributed by atoms with Gasteiger partial charge in [-0.15, -0.1) is 11.3 Å². The van der Waals surface area contributed by atoms with E-state index in [2.05, 4.69) is 9.97 Å². The van der Waals surface area contributed by atoms with Crippen LogP contribution in [0.2, 0.25) is 0 Å². The lowest BCUT2D eigenvalue weighted by molar-refractivity contribution is -0.385. The van der Waals surface area contributed by atoms with Gasteiger partial charge in [-0.2, -0.15) is 0 Å². The summed E-state index contributed by atoms with van der Waals surface area (Å²) in [5.74, 6) is -0.735. The van der Waals surface area contributed by atoms with E-state index < -0.39 is 21.9 Å². The molecule has 0 fully saturated rings. The number of thiazole rings is 1. The lowest BCUT2D eigenvalue weighted by Crippen LogP contribution is -2.20. The number of aromatic amines is 1. The molecule has 0 aliphatic carbocycles. The van der Waals surface area contributed by atoms with Crippen LogP contribution in [-0.4, -0.2) is 25.8 Å². The van der Waals surface area contributed by atoms with E-state index in [1.54, 1.807) is 12.1 Å². The number of pyridine rings is 1. The molecule has 3 aromatic rings. The van der Waals surface area contributed by atoms with Crippen LogP contribution < -0.4 is 14.8 Å². The number of H-pyrrole nitrogens is 1. The van der Waals surface area contributed by atoms with Crippen LogP contribution in [0.15, 0.2) is 47.5 Å². The Hall–Kier alpha value is -3.59. The highest BCUT2D eigenvalue weighted by molar-refractivity contribution is 7.07. The van der Waals surface area contributed by atoms with Crippen molar-refractivity contribution in [1.29, 1.82) is 0 Å². The third-order valence-electron chi connectivity index (χ3n) is 3.40. The van der Waals surface area contributed by atoms with Crippen molar-refractivity contribution in [3.63, 3.8) is 0 Å². The molecule has 0 aliphatic heterocycles. The summed E-state index contributed by atoms with van der Waals surface area (Å²) in [6.07, 6.45) is 5.74. The number of carbonyl (C=O) groups excluding carboxylic acids is 1. The maximum absolute atomic E-state index is 12.1. The number of aromatic hydroxyl groups is 1. The summed E-state index contributed by atoms with van der Waals surface area (Å²) in [5, 5.41) is 20.3. The third-order valence-corrected chi connectivity index (χ3v) is 4.36. The topological polar surface area (TPSA) is 126 Å². The molecule has 0 spiro atoms. The summed E-state index contributed by atoms with van der Waals surface area (Å²) in [4.78, 5) is 40.8. The van der Waals surface area contributed by atoms with Crippen molar-refractivity contribution >= 4 is 35.0 Å². The lowest BCUT2D eigenvalue weighted by Gasteiger charge is -1.96. The van der Waals surface area contributed by atoms with E-state index in [4.69, 9.17) is 0 Å². The van der Waals surface area contributed by atoms with Gasteiger partial charge in [0, 0.05) is 30.1 Å². The van der Waals surface area contributed by atoms with Crippen LogP contribution in [0.3, 0.4) is 0 Å². The average Bonchev–Trinajstić information content (AvgIpc) is 2.96. The number of nitrogens with zero attached hydrogens (tertiary/aromatic N) is 2. The van der Waals surface area contributed by atoms with Crippen LogP contribution in [0.25, 0.3) is 12.2 Å². The number of hydrogen-bond donors (Lipinski definition) is 2. The van der Waals surface area contributed by atoms with Gasteiger partial charge in [0.05, 0.1) is 14.1 Å². The summed E-state index contributed by atoms with van der Waals surface area (Å²) in [6, 6.07) is 6.93. The third kappa shape index (κ3) is 3.73. The number of hydrogen-bond acceptors (Lipinski definition) is 7. The molecular weight excluding hydrogens is 358 g/mol. The fraction of sp³-hybridized carbons (Fsp3) is 0. The number of benzene rings is 1. The molecule has 0 aliphatic rings. The predicted molar refractivity (Wildman–Crippen MR) is 95.6 cm³/mol. The Kier molecular flexibility index (Phi) is 4.72. The second-order valence-electron chi connectivity index (χ2n) is 5.18. The molecule has 8 nitrogen and oxygen atoms in total. The number of ketones is 1. The van der Waals surface area contributed by atoms with Crippen molar-refractivity contribution in [2.24, 2.45) is 0 Å². The Morgan fingerprint density at radius 3 is 2.69 bits per heavy atom. The van der Waals surface area contributed by atoms with E-state index in [0.29, 0.717) is 15.8 Å². The van der Waals surface area contributed by atoms with Crippen molar-refractivity contribution in [1.82, 2.24) is 9.97 Å². The zero-order valence-corrected chi connectivity index (χ0v) is 13.9. The Bertz CT molecular complexity index is 1170. The van der Waals surface area contributed by atoms with E-state index in [1.165, 1.54) is 42.7 Å². The Morgan fingerprint density at radius 1 is 1.27 bits per heavy atom. The number of nitrogens with one attached hydrogen (secondary N) is 1. The Morgan fingerprint density at radius 2 is 2.00 bits per heavy atom. The van der Waals surface area contributed by atoms with Crippen LogP contribution >= 0.6 is 11.3 Å². The fourth-order valence-corrected chi connectivity index (χ4v) is 3.06. The largest absolute Gasteiger partial charge is 0.502 e. The number of carbonyl (C=O) groups is 1. The molecule has 2 heterocycles. The highest BCUT2D eigenvalue weighted by Gasteiger charge is 2.12. The van der Waals surface area contributed by atoms with Gasteiger partial charge >= 0.3 is 5.69 Å². The lowest BCUT2D eigenvalue weighted by atomic mass is 10.2. The summed E-state index contributed by atoms with van der Waals surface area (Å²) in [7, 11) is 0. The predicted octanol–water partition coefficient (Wildman–Crippen LogP) is 0.937. The van der Waals surface area contributed by atoms with Crippen LogP contribution in [0, 0.1) is 10.1 Å². The smallest absolute Gasteiger partial charge is 0.311 e. The maximum atomic E-state index is 12.1. The molecule has 0 unspecified atom stereocenters. The minimum Gasteiger partial charge on any atom is -0.502 e. The van der Waals surface area contributed by atoms with Crippen LogP contribution in [0.4, 0.5) is 5.69 Å². The SMILES string of the molecule is O=C(C=c1[nH]c(=O)c(=Cc2ccc(O)c([N+](=O)[O-])c2)s1)c1ccncc1. The fourth-order valence-electron chi connectivity index (χ4n) is 2.17. The van der Waals surface area contributed by atoms with Gasteiger partial charge in [-0.25, -0.2) is 0 Å². The molecule has 0 radical (unpaired) electrons. The number of aromatic nitrogens is 2. The number of phenolic OH excluding ortho intramolecular Hbond substituents is 1. The average molecular weight is 369 g/mol. The van der Waals surface area contributed by atoms with Gasteiger partial charge < -0.3 is 10.1 Å². The first kappa shape index (κ1) is 17.2. The number of rotatable bonds is 4. The molecule has 26 heavy (non-hydrogen) atoms. The summed E-state index contributed by atoms with van der Waals surface area (Å²) in [6.45, 7) is 0. The highest BCUT2D eigenvalue weighted by atomic mass is 32.1. The van der Waals surface area contributed by atoms with Crippen molar-refractivity contribution < 1.29 is 14.8 Å². The molecule has 130 valence electrons. The Labute approximate surface area is 149 Å². The van der Waals surface area contributed by atoms with Crippen molar-refractivity contribution in [2.75, 3.05) is 0 Å². The molecule has 2 aromatic heterocycles. The molecule has 3 rings (SSSR count). The standard InChI is InChI=1S/C17H11N3O5S/c21-13-2-1-10(7-12(13)20(24)25)8-15-17(23)19-16(26-15)9-14(22)11-3-5-18-6-4-11/h1-9,21H,(H,19,23). The van der Waals surface area contributed by atoms with Crippen molar-refractivity contribution in [3.8, 4) is 5.75 Å². The second kappa shape index (κ2) is 7.11. The Balaban J connectivity index is 2.01. The van der Waals surface area contributed by atoms with Crippen molar-refractivity contribution in [3.05, 3.63) is 83.5 Å². The van der Waals surface area contributed by atoms with Crippen LogP contribution in [0.5, 0.6) is 5.75 Å². The summed E-state index contributed by atoms with van der Waals surface area (Å²) >= 11 is 1.05. The molecule has 0 amide bonds. The minimum atomic E-state index is -0.710. The first-order valence-electron chi connectivity index (χ1n) is 7.28. The summed E-state index contributed by atoms with van der Waals surface area (Å²) < 4.78 is 0.634. The quantitative estimate of drug-likeness (QED) is 0.400. The number of Topliss-reactive ketones (excluding diaryl/α,β-unsaturated/α-hetero) is 1. The van der Waals surface area contributed by atoms with Crippen LogP contribution in [-0.2, 0) is 0 Å². The first-order chi connectivity index (χ1) is 12.4. The van der Waals surface area contributed by atoms with Gasteiger partial charge in [-0.05, 0) is 29.8 Å². The second-order valence-corrected chi connectivity index (χ2v) is 6.26. The molecule has 0 saturated carbocycles. The molecule has 0 saturated heterocycles. The normalized spacial score (nSPS) is 12.3. The van der Waals surface area contributed by atoms with Gasteiger partial charge in [-0.1, -0.05) is 6.07 Å². The molecule has 0 atom stereocenters. The molecular formula is C17H11N3O5S. The van der Waals surface area contributed by atoms with E-state index >= 15 is 0 Å². The van der Waals surface area contributed by atoms with E-state index in [0.717, 1.165) is 11.3 Å². The van der Waals surface area contributed by atoms with E-state index in [9.17, 15) is 24.8 Å². The van der Waals surface area contributed by atoms with Crippen molar-refractivity contribution in [2.45, 2.75) is 0 Å². The number of phenols is 1. The van der Waals surface area contributed by atoms with Gasteiger partial charge in [-0.3, -0.25) is 24.7 Å². The molecule has 0 bridgehead atoms. The zero-order chi connectivity index (χ0) is 18.7. The van der Waals surface area contributed by atoms with Crippen LogP contribution in [0.1, 0.15) is 15.9 Å². The number of nitro benzene ring substituents is 1.